The smallest absolute Gasteiger partial charge is 0.335 e. The number of carbonyl (C=O) groups is 1. The third-order valence-electron chi connectivity index (χ3n) is 3.71. The minimum atomic E-state index is -3.37. The van der Waals surface area contributed by atoms with Crippen LogP contribution in [0.1, 0.15) is 42.5 Å². The molecule has 0 radical (unpaired) electrons. The van der Waals surface area contributed by atoms with Crippen LogP contribution in [0.5, 0.6) is 0 Å². The van der Waals surface area contributed by atoms with Crippen LogP contribution in [-0.4, -0.2) is 25.2 Å². The lowest BCUT2D eigenvalue weighted by molar-refractivity contribution is 0.0696. The number of sulfone groups is 1. The van der Waals surface area contributed by atoms with Gasteiger partial charge in [-0.25, -0.2) is 13.2 Å². The molecule has 0 amide bonds. The van der Waals surface area contributed by atoms with Gasteiger partial charge in [-0.3, -0.25) is 0 Å². The van der Waals surface area contributed by atoms with Gasteiger partial charge in [0, 0.05) is 0 Å². The highest BCUT2D eigenvalue weighted by Gasteiger charge is 2.21. The van der Waals surface area contributed by atoms with Crippen LogP contribution in [-0.2, 0) is 9.84 Å². The van der Waals surface area contributed by atoms with Crippen LogP contribution in [0.2, 0.25) is 0 Å². The summed E-state index contributed by atoms with van der Waals surface area (Å²) in [6.07, 6.45) is 5.30. The van der Waals surface area contributed by atoms with Crippen molar-refractivity contribution in [3.05, 3.63) is 29.8 Å². The van der Waals surface area contributed by atoms with Crippen molar-refractivity contribution >= 4 is 15.8 Å². The third-order valence-corrected chi connectivity index (χ3v) is 5.46. The van der Waals surface area contributed by atoms with Crippen LogP contribution in [0.3, 0.4) is 0 Å². The van der Waals surface area contributed by atoms with E-state index in [1.54, 1.807) is 0 Å². The summed E-state index contributed by atoms with van der Waals surface area (Å²) in [5.74, 6) is -0.480. The molecular weight excluding hydrogens is 264 g/mol. The molecule has 0 aliphatic heterocycles. The summed E-state index contributed by atoms with van der Waals surface area (Å²) in [6.45, 7) is 0. The highest BCUT2D eigenvalue weighted by molar-refractivity contribution is 7.91. The largest absolute Gasteiger partial charge is 0.478 e. The van der Waals surface area contributed by atoms with E-state index >= 15 is 0 Å². The molecule has 1 fully saturated rings. The van der Waals surface area contributed by atoms with E-state index in [4.69, 9.17) is 5.11 Å². The lowest BCUT2D eigenvalue weighted by atomic mass is 10.1. The number of rotatable bonds is 5. The van der Waals surface area contributed by atoms with Gasteiger partial charge in [0.25, 0.3) is 0 Å². The second kappa shape index (κ2) is 5.74. The monoisotopic (exact) mass is 282 g/mol. The third kappa shape index (κ3) is 3.56. The van der Waals surface area contributed by atoms with Crippen molar-refractivity contribution in [3.63, 3.8) is 0 Å². The zero-order valence-corrected chi connectivity index (χ0v) is 11.5. The minimum absolute atomic E-state index is 0.0157. The molecule has 4 nitrogen and oxygen atoms in total. The van der Waals surface area contributed by atoms with Crippen molar-refractivity contribution in [1.29, 1.82) is 0 Å². The normalized spacial score (nSPS) is 16.6. The summed E-state index contributed by atoms with van der Waals surface area (Å²) in [5.41, 5.74) is 0.0157. The number of benzene rings is 1. The van der Waals surface area contributed by atoms with Crippen molar-refractivity contribution in [1.82, 2.24) is 0 Å². The maximum atomic E-state index is 12.2. The molecule has 19 heavy (non-hydrogen) atoms. The molecule has 0 heterocycles. The van der Waals surface area contributed by atoms with E-state index in [-0.39, 0.29) is 16.2 Å². The van der Waals surface area contributed by atoms with E-state index in [0.29, 0.717) is 12.3 Å². The van der Waals surface area contributed by atoms with Crippen molar-refractivity contribution in [2.45, 2.75) is 37.0 Å². The van der Waals surface area contributed by atoms with Gasteiger partial charge in [-0.1, -0.05) is 31.7 Å². The average molecular weight is 282 g/mol. The summed E-state index contributed by atoms with van der Waals surface area (Å²) in [6, 6.07) is 5.59. The highest BCUT2D eigenvalue weighted by atomic mass is 32.2. The molecule has 1 aliphatic carbocycles. The van der Waals surface area contributed by atoms with Gasteiger partial charge in [0.05, 0.1) is 16.2 Å². The van der Waals surface area contributed by atoms with Gasteiger partial charge in [0.15, 0.2) is 9.84 Å². The number of carboxylic acid groups (broad SMARTS) is 1. The molecule has 0 bridgehead atoms. The highest BCUT2D eigenvalue weighted by Crippen LogP contribution is 2.28. The Hall–Kier alpha value is -1.36. The standard InChI is InChI=1S/C14H18O4S/c15-14(16)12-6-3-7-13(10-12)19(17,18)9-8-11-4-1-2-5-11/h3,6-7,10-11H,1-2,4-5,8-9H2,(H,15,16). The van der Waals surface area contributed by atoms with Crippen molar-refractivity contribution in [2.24, 2.45) is 5.92 Å². The lowest BCUT2D eigenvalue weighted by Gasteiger charge is -2.09. The van der Waals surface area contributed by atoms with Crippen LogP contribution in [0.15, 0.2) is 29.2 Å². The summed E-state index contributed by atoms with van der Waals surface area (Å²) in [5, 5.41) is 8.88. The number of hydrogen-bond acceptors (Lipinski definition) is 3. The summed E-state index contributed by atoms with van der Waals surface area (Å²) < 4.78 is 24.3. The Morgan fingerprint density at radius 2 is 1.95 bits per heavy atom. The molecule has 1 aromatic rings. The summed E-state index contributed by atoms with van der Waals surface area (Å²) in [7, 11) is -3.37. The van der Waals surface area contributed by atoms with Gasteiger partial charge in [0.2, 0.25) is 0 Å². The molecular formula is C14H18O4S. The van der Waals surface area contributed by atoms with Crippen LogP contribution in [0.25, 0.3) is 0 Å². The van der Waals surface area contributed by atoms with E-state index in [0.717, 1.165) is 12.8 Å². The Morgan fingerprint density at radius 1 is 1.26 bits per heavy atom. The zero-order valence-electron chi connectivity index (χ0n) is 10.7. The van der Waals surface area contributed by atoms with Crippen molar-refractivity contribution in [2.75, 3.05) is 5.75 Å². The van der Waals surface area contributed by atoms with Gasteiger partial charge >= 0.3 is 5.97 Å². The number of aromatic carboxylic acids is 1. The molecule has 1 N–H and O–H groups in total. The van der Waals surface area contributed by atoms with Gasteiger partial charge in [-0.05, 0) is 30.5 Å². The minimum Gasteiger partial charge on any atom is -0.478 e. The molecule has 1 saturated carbocycles. The van der Waals surface area contributed by atoms with Crippen LogP contribution in [0, 0.1) is 5.92 Å². The summed E-state index contributed by atoms with van der Waals surface area (Å²) >= 11 is 0. The quantitative estimate of drug-likeness (QED) is 0.901. The van der Waals surface area contributed by atoms with E-state index < -0.39 is 15.8 Å². The Bertz CT molecular complexity index is 557. The Labute approximate surface area is 113 Å². The van der Waals surface area contributed by atoms with Crippen molar-refractivity contribution in [3.8, 4) is 0 Å². The Morgan fingerprint density at radius 3 is 2.58 bits per heavy atom. The fraction of sp³-hybridized carbons (Fsp3) is 0.500. The second-order valence-corrected chi connectivity index (χ2v) is 7.20. The average Bonchev–Trinajstić information content (AvgIpc) is 2.90. The van der Waals surface area contributed by atoms with Gasteiger partial charge in [-0.15, -0.1) is 0 Å². The Balaban J connectivity index is 2.09. The molecule has 0 spiro atoms. The SMILES string of the molecule is O=C(O)c1cccc(S(=O)(=O)CCC2CCCC2)c1. The lowest BCUT2D eigenvalue weighted by Crippen LogP contribution is -2.11. The first-order valence-electron chi connectivity index (χ1n) is 6.55. The molecule has 0 saturated heterocycles. The predicted molar refractivity (Wildman–Crippen MR) is 72.0 cm³/mol. The molecule has 2 rings (SSSR count). The molecule has 0 aromatic heterocycles. The molecule has 5 heteroatoms. The first-order valence-corrected chi connectivity index (χ1v) is 8.20. The molecule has 1 aromatic carbocycles. The van der Waals surface area contributed by atoms with Crippen molar-refractivity contribution < 1.29 is 18.3 Å². The fourth-order valence-electron chi connectivity index (χ4n) is 2.56. The fourth-order valence-corrected chi connectivity index (χ4v) is 4.03. The zero-order chi connectivity index (χ0) is 13.9. The number of hydrogen-bond donors (Lipinski definition) is 1. The first-order chi connectivity index (χ1) is 8.99. The van der Waals surface area contributed by atoms with Crippen LogP contribution in [0.4, 0.5) is 0 Å². The van der Waals surface area contributed by atoms with E-state index in [1.165, 1.54) is 37.1 Å². The number of carboxylic acids is 1. The second-order valence-electron chi connectivity index (χ2n) is 5.09. The van der Waals surface area contributed by atoms with Crippen LogP contribution >= 0.6 is 0 Å². The molecule has 0 atom stereocenters. The predicted octanol–water partition coefficient (Wildman–Crippen LogP) is 2.74. The topological polar surface area (TPSA) is 71.4 Å². The molecule has 1 aliphatic rings. The molecule has 0 unspecified atom stereocenters. The maximum Gasteiger partial charge on any atom is 0.335 e. The van der Waals surface area contributed by atoms with Gasteiger partial charge < -0.3 is 5.11 Å². The van der Waals surface area contributed by atoms with E-state index in [2.05, 4.69) is 0 Å². The van der Waals surface area contributed by atoms with Gasteiger partial charge in [0.1, 0.15) is 0 Å². The van der Waals surface area contributed by atoms with E-state index in [9.17, 15) is 13.2 Å². The summed E-state index contributed by atoms with van der Waals surface area (Å²) in [4.78, 5) is 11.0. The van der Waals surface area contributed by atoms with E-state index in [1.807, 2.05) is 0 Å². The van der Waals surface area contributed by atoms with Crippen LogP contribution < -0.4 is 0 Å². The Kier molecular flexibility index (Phi) is 4.24. The van der Waals surface area contributed by atoms with Gasteiger partial charge in [-0.2, -0.15) is 0 Å². The molecule has 104 valence electrons. The first kappa shape index (κ1) is 14.1. The maximum absolute atomic E-state index is 12.2.